The van der Waals surface area contributed by atoms with Crippen molar-refractivity contribution < 1.29 is 23.1 Å². The van der Waals surface area contributed by atoms with Crippen molar-refractivity contribution in [1.82, 2.24) is 20.2 Å². The molecule has 1 saturated heterocycles. The molecule has 1 amide bonds. The Morgan fingerprint density at radius 3 is 2.69 bits per heavy atom. The molecule has 4 rings (SSSR count). The zero-order valence-corrected chi connectivity index (χ0v) is 19.0. The summed E-state index contributed by atoms with van der Waals surface area (Å²) in [5.41, 5.74) is 0.835. The zero-order chi connectivity index (χ0) is 23.0. The average molecular weight is 483 g/mol. The van der Waals surface area contributed by atoms with E-state index in [1.807, 2.05) is 7.05 Å². The van der Waals surface area contributed by atoms with Crippen molar-refractivity contribution >= 4 is 28.6 Å². The van der Waals surface area contributed by atoms with Gasteiger partial charge in [-0.3, -0.25) is 4.79 Å². The standard InChI is InChI=1S/C21H21F3N4O2S2/c1-10-19(32-15(26-10)8-25-20(30)11-3-5-28(2)6-4-11)14-9-31-21(27-14)12-7-13(22)18(29)17(24)16(12)23/h7,9,11,29H,3-6,8H2,1-2H3,(H,25,30). The van der Waals surface area contributed by atoms with E-state index in [9.17, 15) is 23.1 Å². The Bertz CT molecular complexity index is 1160. The number of hydrogen-bond donors (Lipinski definition) is 2. The van der Waals surface area contributed by atoms with Gasteiger partial charge in [0.2, 0.25) is 11.7 Å². The van der Waals surface area contributed by atoms with Crippen LogP contribution in [-0.4, -0.2) is 46.0 Å². The first-order valence-corrected chi connectivity index (χ1v) is 11.7. The number of piperidine rings is 1. The number of carbonyl (C=O) groups is 1. The van der Waals surface area contributed by atoms with Crippen LogP contribution in [0.1, 0.15) is 23.5 Å². The van der Waals surface area contributed by atoms with E-state index in [1.54, 1.807) is 12.3 Å². The molecule has 1 aromatic carbocycles. The Balaban J connectivity index is 1.48. The second kappa shape index (κ2) is 9.16. The molecule has 0 unspecified atom stereocenters. The molecule has 0 saturated carbocycles. The van der Waals surface area contributed by atoms with Gasteiger partial charge in [-0.1, -0.05) is 0 Å². The van der Waals surface area contributed by atoms with Gasteiger partial charge in [0.05, 0.1) is 28.4 Å². The van der Waals surface area contributed by atoms with Crippen molar-refractivity contribution in [2.45, 2.75) is 26.3 Å². The zero-order valence-electron chi connectivity index (χ0n) is 17.4. The number of hydrogen-bond acceptors (Lipinski definition) is 7. The van der Waals surface area contributed by atoms with Crippen LogP contribution in [0.15, 0.2) is 11.4 Å². The summed E-state index contributed by atoms with van der Waals surface area (Å²) in [4.78, 5) is 24.2. The highest BCUT2D eigenvalue weighted by atomic mass is 32.1. The predicted octanol–water partition coefficient (Wildman–Crippen LogP) is 4.32. The summed E-state index contributed by atoms with van der Waals surface area (Å²) in [6.07, 6.45) is 1.67. The van der Waals surface area contributed by atoms with Crippen LogP contribution in [-0.2, 0) is 11.3 Å². The number of amides is 1. The molecule has 0 spiro atoms. The molecule has 0 aliphatic carbocycles. The van der Waals surface area contributed by atoms with Gasteiger partial charge in [0.25, 0.3) is 0 Å². The summed E-state index contributed by atoms with van der Waals surface area (Å²) in [6, 6.07) is 0.722. The van der Waals surface area contributed by atoms with Crippen LogP contribution < -0.4 is 5.32 Å². The van der Waals surface area contributed by atoms with Gasteiger partial charge in [-0.05, 0) is 46.0 Å². The van der Waals surface area contributed by atoms with Crippen LogP contribution in [0.3, 0.4) is 0 Å². The smallest absolute Gasteiger partial charge is 0.223 e. The lowest BCUT2D eigenvalue weighted by atomic mass is 9.96. The molecule has 1 aliphatic rings. The summed E-state index contributed by atoms with van der Waals surface area (Å²) in [6.45, 7) is 3.91. The van der Waals surface area contributed by atoms with E-state index in [4.69, 9.17) is 0 Å². The van der Waals surface area contributed by atoms with E-state index in [0.29, 0.717) is 22.9 Å². The maximum Gasteiger partial charge on any atom is 0.223 e. The number of phenolic OH excluding ortho intramolecular Hbond substituents is 1. The number of benzene rings is 1. The molecule has 0 atom stereocenters. The molecule has 32 heavy (non-hydrogen) atoms. The number of nitrogens with zero attached hydrogens (tertiary/aromatic N) is 3. The van der Waals surface area contributed by atoms with Gasteiger partial charge in [-0.25, -0.2) is 18.7 Å². The van der Waals surface area contributed by atoms with Crippen LogP contribution in [0.5, 0.6) is 5.75 Å². The fourth-order valence-electron chi connectivity index (χ4n) is 3.59. The van der Waals surface area contributed by atoms with Crippen molar-refractivity contribution in [3.8, 4) is 26.9 Å². The largest absolute Gasteiger partial charge is 0.503 e. The van der Waals surface area contributed by atoms with Crippen molar-refractivity contribution in [3.05, 3.63) is 39.6 Å². The first kappa shape index (κ1) is 22.7. The molecular weight excluding hydrogens is 461 g/mol. The molecule has 0 radical (unpaired) electrons. The Hall–Kier alpha value is -2.50. The van der Waals surface area contributed by atoms with Gasteiger partial charge in [0.15, 0.2) is 17.4 Å². The highest BCUT2D eigenvalue weighted by Gasteiger charge is 2.24. The molecule has 2 aromatic heterocycles. The maximum atomic E-state index is 14.2. The lowest BCUT2D eigenvalue weighted by molar-refractivity contribution is -0.126. The Morgan fingerprint density at radius 1 is 1.25 bits per heavy atom. The Kier molecular flexibility index (Phi) is 6.50. The number of nitrogens with one attached hydrogen (secondary N) is 1. The first-order chi connectivity index (χ1) is 15.2. The fourth-order valence-corrected chi connectivity index (χ4v) is 5.45. The van der Waals surface area contributed by atoms with Crippen LogP contribution in [0.2, 0.25) is 0 Å². The predicted molar refractivity (Wildman–Crippen MR) is 117 cm³/mol. The molecule has 0 bridgehead atoms. The summed E-state index contributed by atoms with van der Waals surface area (Å²) in [5.74, 6) is -5.58. The second-order valence-corrected chi connectivity index (χ2v) is 9.68. The molecular formula is C21H21F3N4O2S2. The van der Waals surface area contributed by atoms with Crippen molar-refractivity contribution in [1.29, 1.82) is 0 Å². The van der Waals surface area contributed by atoms with Crippen LogP contribution in [0.4, 0.5) is 13.2 Å². The topological polar surface area (TPSA) is 78.4 Å². The molecule has 11 heteroatoms. The quantitative estimate of drug-likeness (QED) is 0.530. The number of phenols is 1. The molecule has 1 fully saturated rings. The molecule has 170 valence electrons. The number of rotatable bonds is 5. The third-order valence-corrected chi connectivity index (χ3v) is 7.50. The van der Waals surface area contributed by atoms with Gasteiger partial charge in [0.1, 0.15) is 10.0 Å². The molecule has 3 aromatic rings. The first-order valence-electron chi connectivity index (χ1n) is 10.00. The van der Waals surface area contributed by atoms with Crippen LogP contribution in [0.25, 0.3) is 21.1 Å². The normalized spacial score (nSPS) is 15.3. The fraction of sp³-hybridized carbons (Fsp3) is 0.381. The minimum Gasteiger partial charge on any atom is -0.503 e. The molecule has 1 aliphatic heterocycles. The number of aromatic nitrogens is 2. The number of likely N-dealkylation sites (tertiary alicyclic amines) is 1. The molecule has 3 heterocycles. The van der Waals surface area contributed by atoms with Gasteiger partial charge in [-0.15, -0.1) is 22.7 Å². The van der Waals surface area contributed by atoms with E-state index in [-0.39, 0.29) is 22.4 Å². The lowest BCUT2D eigenvalue weighted by Crippen LogP contribution is -2.38. The number of aryl methyl sites for hydroxylation is 1. The van der Waals surface area contributed by atoms with Crippen LogP contribution in [0, 0.1) is 30.3 Å². The van der Waals surface area contributed by atoms with Crippen molar-refractivity contribution in [2.75, 3.05) is 20.1 Å². The van der Waals surface area contributed by atoms with Gasteiger partial charge in [-0.2, -0.15) is 4.39 Å². The summed E-state index contributed by atoms with van der Waals surface area (Å²) in [7, 11) is 2.04. The summed E-state index contributed by atoms with van der Waals surface area (Å²) in [5, 5.41) is 14.6. The monoisotopic (exact) mass is 482 g/mol. The lowest BCUT2D eigenvalue weighted by Gasteiger charge is -2.27. The minimum atomic E-state index is -1.65. The SMILES string of the molecule is Cc1nc(CNC(=O)C2CCN(C)CC2)sc1-c1csc(-c2cc(F)c(O)c(F)c2F)n1. The minimum absolute atomic E-state index is 0.00817. The van der Waals surface area contributed by atoms with Crippen LogP contribution >= 0.6 is 22.7 Å². The van der Waals surface area contributed by atoms with Gasteiger partial charge >= 0.3 is 0 Å². The van der Waals surface area contributed by atoms with E-state index >= 15 is 0 Å². The van der Waals surface area contributed by atoms with Gasteiger partial charge in [0, 0.05) is 11.3 Å². The number of thiazole rings is 2. The highest BCUT2D eigenvalue weighted by molar-refractivity contribution is 7.16. The second-order valence-electron chi connectivity index (χ2n) is 7.74. The van der Waals surface area contributed by atoms with Crippen molar-refractivity contribution in [2.24, 2.45) is 5.92 Å². The Morgan fingerprint density at radius 2 is 1.97 bits per heavy atom. The van der Waals surface area contributed by atoms with E-state index in [2.05, 4.69) is 20.2 Å². The van der Waals surface area contributed by atoms with E-state index in [0.717, 1.165) is 48.2 Å². The molecule has 2 N–H and O–H groups in total. The maximum absolute atomic E-state index is 14.2. The third-order valence-electron chi connectivity index (χ3n) is 5.45. The van der Waals surface area contributed by atoms with Crippen molar-refractivity contribution in [3.63, 3.8) is 0 Å². The average Bonchev–Trinajstić information content (AvgIpc) is 3.40. The summed E-state index contributed by atoms with van der Waals surface area (Å²) < 4.78 is 41.6. The Labute approximate surface area is 190 Å². The van der Waals surface area contributed by atoms with E-state index in [1.165, 1.54) is 11.3 Å². The summed E-state index contributed by atoms with van der Waals surface area (Å²) >= 11 is 2.38. The van der Waals surface area contributed by atoms with Gasteiger partial charge < -0.3 is 15.3 Å². The number of aromatic hydroxyl groups is 1. The molecule has 6 nitrogen and oxygen atoms in total. The van der Waals surface area contributed by atoms with E-state index < -0.39 is 23.2 Å². The number of halogens is 3. The number of carbonyl (C=O) groups excluding carboxylic acids is 1. The third kappa shape index (κ3) is 4.50. The highest BCUT2D eigenvalue weighted by Crippen LogP contribution is 2.37.